The molecule has 0 saturated heterocycles. The van der Waals surface area contributed by atoms with Gasteiger partial charge in [0.25, 0.3) is 5.69 Å². The first kappa shape index (κ1) is 14.5. The van der Waals surface area contributed by atoms with Crippen LogP contribution in [0.2, 0.25) is 0 Å². The number of carbonyl (C=O) groups excluding carboxylic acids is 1. The Bertz CT molecular complexity index is 636. The van der Waals surface area contributed by atoms with E-state index < -0.39 is 4.92 Å². The predicted molar refractivity (Wildman–Crippen MR) is 78.4 cm³/mol. The number of rotatable bonds is 5. The summed E-state index contributed by atoms with van der Waals surface area (Å²) in [4.78, 5) is 22.0. The lowest BCUT2D eigenvalue weighted by atomic mass is 10.1. The molecule has 0 spiro atoms. The molecule has 0 atom stereocenters. The second-order valence-corrected chi connectivity index (χ2v) is 4.38. The van der Waals surface area contributed by atoms with E-state index in [4.69, 9.17) is 4.74 Å². The Morgan fingerprint density at radius 3 is 2.29 bits per heavy atom. The molecule has 0 aliphatic heterocycles. The third kappa shape index (κ3) is 4.04. The fraction of sp³-hybridized carbons (Fsp3) is 0.133. The zero-order valence-corrected chi connectivity index (χ0v) is 11.4. The van der Waals surface area contributed by atoms with Crippen LogP contribution in [0.3, 0.4) is 0 Å². The Labute approximate surface area is 121 Å². The molecule has 0 aliphatic carbocycles. The largest absolute Gasteiger partial charge is 0.497 e. The molecule has 0 radical (unpaired) electrons. The Balaban J connectivity index is 1.95. The first-order chi connectivity index (χ1) is 10.1. The number of hydrogen-bond donors (Lipinski definition) is 1. The van der Waals surface area contributed by atoms with E-state index in [2.05, 4.69) is 5.32 Å². The highest BCUT2D eigenvalue weighted by Gasteiger charge is 2.07. The van der Waals surface area contributed by atoms with Gasteiger partial charge in [0.1, 0.15) is 5.75 Å². The van der Waals surface area contributed by atoms with Gasteiger partial charge in [-0.25, -0.2) is 0 Å². The molecule has 6 nitrogen and oxygen atoms in total. The van der Waals surface area contributed by atoms with Crippen molar-refractivity contribution in [1.82, 2.24) is 0 Å². The highest BCUT2D eigenvalue weighted by molar-refractivity contribution is 5.92. The summed E-state index contributed by atoms with van der Waals surface area (Å²) in [5.74, 6) is 0.525. The molecule has 2 rings (SSSR count). The molecule has 0 fully saturated rings. The second kappa shape index (κ2) is 6.51. The number of hydrogen-bond acceptors (Lipinski definition) is 4. The molecule has 6 heteroatoms. The van der Waals surface area contributed by atoms with Crippen LogP contribution in [0.1, 0.15) is 5.56 Å². The molecule has 2 aromatic rings. The van der Waals surface area contributed by atoms with Crippen molar-refractivity contribution in [3.05, 3.63) is 64.2 Å². The third-order valence-corrected chi connectivity index (χ3v) is 2.89. The second-order valence-electron chi connectivity index (χ2n) is 4.38. The fourth-order valence-electron chi connectivity index (χ4n) is 1.80. The molecule has 108 valence electrons. The van der Waals surface area contributed by atoms with Gasteiger partial charge in [-0.15, -0.1) is 0 Å². The molecule has 0 saturated carbocycles. The lowest BCUT2D eigenvalue weighted by Gasteiger charge is -2.06. The SMILES string of the molecule is COc1ccc(NC(=O)Cc2ccc([N+](=O)[O-])cc2)cc1. The molecule has 0 heterocycles. The van der Waals surface area contributed by atoms with E-state index in [1.54, 1.807) is 43.5 Å². The van der Waals surface area contributed by atoms with E-state index in [9.17, 15) is 14.9 Å². The molecule has 0 aromatic heterocycles. The van der Waals surface area contributed by atoms with Crippen molar-refractivity contribution < 1.29 is 14.5 Å². The topological polar surface area (TPSA) is 81.5 Å². The zero-order chi connectivity index (χ0) is 15.2. The molecular formula is C15H14N2O4. The number of benzene rings is 2. The average Bonchev–Trinajstić information content (AvgIpc) is 2.48. The molecule has 1 N–H and O–H groups in total. The van der Waals surface area contributed by atoms with Gasteiger partial charge in [0.15, 0.2) is 0 Å². The minimum atomic E-state index is -0.471. The highest BCUT2D eigenvalue weighted by atomic mass is 16.6. The lowest BCUT2D eigenvalue weighted by molar-refractivity contribution is -0.384. The normalized spacial score (nSPS) is 9.95. The van der Waals surface area contributed by atoms with Crippen LogP contribution in [0, 0.1) is 10.1 Å². The zero-order valence-electron chi connectivity index (χ0n) is 11.4. The van der Waals surface area contributed by atoms with Gasteiger partial charge >= 0.3 is 0 Å². The summed E-state index contributed by atoms with van der Waals surface area (Å²) in [7, 11) is 1.57. The number of amides is 1. The number of carbonyl (C=O) groups is 1. The number of nitrogens with one attached hydrogen (secondary N) is 1. The van der Waals surface area contributed by atoms with E-state index in [1.807, 2.05) is 0 Å². The predicted octanol–water partition coefficient (Wildman–Crippen LogP) is 2.78. The maximum atomic E-state index is 11.9. The summed E-state index contributed by atoms with van der Waals surface area (Å²) in [6, 6.07) is 12.9. The van der Waals surface area contributed by atoms with Gasteiger partial charge in [0.05, 0.1) is 18.5 Å². The lowest BCUT2D eigenvalue weighted by Crippen LogP contribution is -2.14. The number of methoxy groups -OCH3 is 1. The van der Waals surface area contributed by atoms with E-state index >= 15 is 0 Å². The van der Waals surface area contributed by atoms with Crippen molar-refractivity contribution in [3.8, 4) is 5.75 Å². The van der Waals surface area contributed by atoms with Crippen molar-refractivity contribution in [2.24, 2.45) is 0 Å². The number of nitro groups is 1. The quantitative estimate of drug-likeness (QED) is 0.677. The molecule has 2 aromatic carbocycles. The highest BCUT2D eigenvalue weighted by Crippen LogP contribution is 2.16. The van der Waals surface area contributed by atoms with Gasteiger partial charge in [0, 0.05) is 17.8 Å². The van der Waals surface area contributed by atoms with Gasteiger partial charge in [0.2, 0.25) is 5.91 Å². The number of non-ortho nitro benzene ring substituents is 1. The fourth-order valence-corrected chi connectivity index (χ4v) is 1.80. The number of nitrogens with zero attached hydrogens (tertiary/aromatic N) is 1. The smallest absolute Gasteiger partial charge is 0.269 e. The van der Waals surface area contributed by atoms with Crippen LogP contribution in [0.5, 0.6) is 5.75 Å². The van der Waals surface area contributed by atoms with Crippen LogP contribution in [-0.2, 0) is 11.2 Å². The molecular weight excluding hydrogens is 272 g/mol. The van der Waals surface area contributed by atoms with Gasteiger partial charge in [-0.1, -0.05) is 12.1 Å². The molecule has 0 bridgehead atoms. The van der Waals surface area contributed by atoms with Crippen LogP contribution in [0.4, 0.5) is 11.4 Å². The maximum absolute atomic E-state index is 11.9. The average molecular weight is 286 g/mol. The van der Waals surface area contributed by atoms with Crippen LogP contribution < -0.4 is 10.1 Å². The van der Waals surface area contributed by atoms with Crippen molar-refractivity contribution in [2.75, 3.05) is 12.4 Å². The number of nitro benzene ring substituents is 1. The first-order valence-electron chi connectivity index (χ1n) is 6.26. The van der Waals surface area contributed by atoms with Gasteiger partial charge < -0.3 is 10.1 Å². The van der Waals surface area contributed by atoms with Crippen molar-refractivity contribution in [1.29, 1.82) is 0 Å². The summed E-state index contributed by atoms with van der Waals surface area (Å²) in [5.41, 5.74) is 1.39. The summed E-state index contributed by atoms with van der Waals surface area (Å²) < 4.78 is 5.03. The first-order valence-corrected chi connectivity index (χ1v) is 6.26. The van der Waals surface area contributed by atoms with Crippen molar-refractivity contribution in [2.45, 2.75) is 6.42 Å². The Morgan fingerprint density at radius 2 is 1.76 bits per heavy atom. The van der Waals surface area contributed by atoms with Crippen LogP contribution >= 0.6 is 0 Å². The molecule has 0 unspecified atom stereocenters. The van der Waals surface area contributed by atoms with Crippen molar-refractivity contribution in [3.63, 3.8) is 0 Å². The number of anilines is 1. The van der Waals surface area contributed by atoms with E-state index in [0.717, 1.165) is 0 Å². The summed E-state index contributed by atoms with van der Waals surface area (Å²) in [6.07, 6.45) is 0.157. The van der Waals surface area contributed by atoms with Gasteiger partial charge in [-0.3, -0.25) is 14.9 Å². The Hall–Kier alpha value is -2.89. The minimum absolute atomic E-state index is 0.00862. The van der Waals surface area contributed by atoms with Crippen LogP contribution in [0.15, 0.2) is 48.5 Å². The third-order valence-electron chi connectivity index (χ3n) is 2.89. The van der Waals surface area contributed by atoms with Crippen molar-refractivity contribution >= 4 is 17.3 Å². The molecule has 1 amide bonds. The summed E-state index contributed by atoms with van der Waals surface area (Å²) in [5, 5.41) is 13.3. The summed E-state index contributed by atoms with van der Waals surface area (Å²) >= 11 is 0. The Morgan fingerprint density at radius 1 is 1.14 bits per heavy atom. The summed E-state index contributed by atoms with van der Waals surface area (Å²) in [6.45, 7) is 0. The number of ether oxygens (including phenoxy) is 1. The van der Waals surface area contributed by atoms with E-state index in [0.29, 0.717) is 17.0 Å². The monoisotopic (exact) mass is 286 g/mol. The van der Waals surface area contributed by atoms with Gasteiger partial charge in [-0.2, -0.15) is 0 Å². The van der Waals surface area contributed by atoms with Crippen LogP contribution in [-0.4, -0.2) is 17.9 Å². The van der Waals surface area contributed by atoms with E-state index in [-0.39, 0.29) is 18.0 Å². The molecule has 21 heavy (non-hydrogen) atoms. The molecule has 0 aliphatic rings. The minimum Gasteiger partial charge on any atom is -0.497 e. The standard InChI is InChI=1S/C15H14N2O4/c1-21-14-8-4-12(5-9-14)16-15(18)10-11-2-6-13(7-3-11)17(19)20/h2-9H,10H2,1H3,(H,16,18). The maximum Gasteiger partial charge on any atom is 0.269 e. The van der Waals surface area contributed by atoms with Crippen LogP contribution in [0.25, 0.3) is 0 Å². The van der Waals surface area contributed by atoms with Gasteiger partial charge in [-0.05, 0) is 29.8 Å². The Kier molecular flexibility index (Phi) is 4.50. The van der Waals surface area contributed by atoms with E-state index in [1.165, 1.54) is 12.1 Å².